The van der Waals surface area contributed by atoms with Crippen LogP contribution in [0.4, 0.5) is 10.5 Å². The summed E-state index contributed by atoms with van der Waals surface area (Å²) >= 11 is 0. The fraction of sp³-hybridized carbons (Fsp3) is 0.318. The molecule has 0 radical (unpaired) electrons. The van der Waals surface area contributed by atoms with E-state index in [1.807, 2.05) is 60.0 Å². The fourth-order valence-corrected chi connectivity index (χ4v) is 4.52. The summed E-state index contributed by atoms with van der Waals surface area (Å²) in [5, 5.41) is 0. The summed E-state index contributed by atoms with van der Waals surface area (Å²) in [6.07, 6.45) is 2.26. The number of urea groups is 1. The number of nitrogen functional groups attached to an aromatic ring is 1. The summed E-state index contributed by atoms with van der Waals surface area (Å²) in [5.74, 6) is 0.606. The number of amides is 3. The Bertz CT molecular complexity index is 1090. The molecule has 1 aliphatic rings. The second-order valence-electron chi connectivity index (χ2n) is 7.73. The Morgan fingerprint density at radius 3 is 2.59 bits per heavy atom. The highest BCUT2D eigenvalue weighted by Gasteiger charge is 2.50. The first-order chi connectivity index (χ1) is 13.9. The Balaban J connectivity index is 1.70. The lowest BCUT2D eigenvalue weighted by molar-refractivity contribution is -0.783. The van der Waals surface area contributed by atoms with Crippen LogP contribution in [0.25, 0.3) is 16.7 Å². The number of aryl methyl sites for hydroxylation is 1. The van der Waals surface area contributed by atoms with Gasteiger partial charge in [-0.25, -0.2) is 14.6 Å². The van der Waals surface area contributed by atoms with Crippen LogP contribution in [-0.4, -0.2) is 38.6 Å². The Labute approximate surface area is 169 Å². The molecule has 7 heteroatoms. The molecule has 2 heterocycles. The minimum absolute atomic E-state index is 0.0800. The van der Waals surface area contributed by atoms with Gasteiger partial charge in [-0.15, -0.1) is 0 Å². The number of primary amides is 1. The van der Waals surface area contributed by atoms with Gasteiger partial charge in [-0.2, -0.15) is 4.48 Å². The molecule has 1 unspecified atom stereocenters. The van der Waals surface area contributed by atoms with Crippen molar-refractivity contribution in [3.05, 3.63) is 54.4 Å². The zero-order valence-corrected chi connectivity index (χ0v) is 16.5. The maximum atomic E-state index is 13.1. The van der Waals surface area contributed by atoms with Crippen LogP contribution in [0.3, 0.4) is 0 Å². The van der Waals surface area contributed by atoms with E-state index in [9.17, 15) is 9.59 Å². The molecule has 7 nitrogen and oxygen atoms in total. The maximum absolute atomic E-state index is 13.1. The summed E-state index contributed by atoms with van der Waals surface area (Å²) < 4.78 is 1.74. The van der Waals surface area contributed by atoms with Crippen LogP contribution < -0.4 is 11.5 Å². The monoisotopic (exact) mass is 392 g/mol. The summed E-state index contributed by atoms with van der Waals surface area (Å²) in [6, 6.07) is 14.8. The quantitative estimate of drug-likeness (QED) is 0.526. The van der Waals surface area contributed by atoms with Crippen molar-refractivity contribution in [3.8, 4) is 5.69 Å². The second-order valence-corrected chi connectivity index (χ2v) is 7.73. The SMILES string of the molecule is C[C@@H]1CCC[N+]1(C(N)=O)C(=O)CCc1nc2ccccc2n1-c1ccccc1N. The van der Waals surface area contributed by atoms with Crippen molar-refractivity contribution in [2.24, 2.45) is 5.73 Å². The number of hydrogen-bond acceptors (Lipinski definition) is 4. The number of likely N-dealkylation sites (tertiary alicyclic amines) is 1. The van der Waals surface area contributed by atoms with Gasteiger partial charge in [-0.3, -0.25) is 4.57 Å². The number of nitrogens with zero attached hydrogens (tertiary/aromatic N) is 3. The number of aromatic nitrogens is 2. The Hall–Kier alpha value is -3.19. The van der Waals surface area contributed by atoms with E-state index >= 15 is 0 Å². The number of carbonyl (C=O) groups excluding carboxylic acids is 2. The lowest BCUT2D eigenvalue weighted by atomic mass is 10.1. The first-order valence-corrected chi connectivity index (χ1v) is 9.97. The molecule has 1 aliphatic heterocycles. The molecule has 3 aromatic rings. The van der Waals surface area contributed by atoms with Crippen molar-refractivity contribution < 1.29 is 14.1 Å². The zero-order chi connectivity index (χ0) is 20.6. The molecule has 0 bridgehead atoms. The van der Waals surface area contributed by atoms with Gasteiger partial charge in [0.1, 0.15) is 11.9 Å². The first kappa shape index (κ1) is 19.1. The van der Waals surface area contributed by atoms with Gasteiger partial charge in [-0.1, -0.05) is 24.3 Å². The number of carbonyl (C=O) groups is 2. The number of nitrogens with two attached hydrogens (primary N) is 2. The van der Waals surface area contributed by atoms with E-state index < -0.39 is 6.03 Å². The van der Waals surface area contributed by atoms with Gasteiger partial charge in [0.2, 0.25) is 0 Å². The van der Waals surface area contributed by atoms with Crippen LogP contribution in [0, 0.1) is 0 Å². The minimum Gasteiger partial charge on any atom is -0.397 e. The van der Waals surface area contributed by atoms with E-state index in [1.165, 1.54) is 0 Å². The molecule has 2 atom stereocenters. The number of imide groups is 1. The van der Waals surface area contributed by atoms with Crippen molar-refractivity contribution in [3.63, 3.8) is 0 Å². The number of rotatable bonds is 4. The van der Waals surface area contributed by atoms with Crippen molar-refractivity contribution in [2.75, 3.05) is 12.3 Å². The summed E-state index contributed by atoms with van der Waals surface area (Å²) in [5.41, 5.74) is 15.1. The molecular formula is C22H26N5O2+. The molecule has 3 amide bonds. The average molecular weight is 392 g/mol. The Kier molecular flexibility index (Phi) is 4.84. The predicted molar refractivity (Wildman–Crippen MR) is 112 cm³/mol. The van der Waals surface area contributed by atoms with Crippen molar-refractivity contribution >= 4 is 28.7 Å². The number of benzene rings is 2. The minimum atomic E-state index is -0.555. The van der Waals surface area contributed by atoms with Crippen LogP contribution in [0.1, 0.15) is 32.0 Å². The largest absolute Gasteiger partial charge is 0.421 e. The normalized spacial score (nSPS) is 21.5. The van der Waals surface area contributed by atoms with Gasteiger partial charge in [0, 0.05) is 19.3 Å². The number of fused-ring (bicyclic) bond motifs is 1. The zero-order valence-electron chi connectivity index (χ0n) is 16.5. The maximum Gasteiger partial charge on any atom is 0.421 e. The summed E-state index contributed by atoms with van der Waals surface area (Å²) in [4.78, 5) is 30.1. The van der Waals surface area contributed by atoms with Gasteiger partial charge >= 0.3 is 11.9 Å². The third-order valence-electron chi connectivity index (χ3n) is 6.09. The average Bonchev–Trinajstić information content (AvgIpc) is 3.27. The second kappa shape index (κ2) is 7.33. The highest BCUT2D eigenvalue weighted by atomic mass is 16.2. The van der Waals surface area contributed by atoms with E-state index in [2.05, 4.69) is 0 Å². The number of quaternary nitrogens is 1. The number of anilines is 1. The van der Waals surface area contributed by atoms with Crippen LogP contribution in [0.5, 0.6) is 0 Å². The van der Waals surface area contributed by atoms with Gasteiger partial charge < -0.3 is 11.5 Å². The molecule has 2 aromatic carbocycles. The molecular weight excluding hydrogens is 366 g/mol. The van der Waals surface area contributed by atoms with E-state index in [4.69, 9.17) is 16.5 Å². The van der Waals surface area contributed by atoms with Crippen LogP contribution in [0.2, 0.25) is 0 Å². The van der Waals surface area contributed by atoms with Gasteiger partial charge in [-0.05, 0) is 31.2 Å². The highest BCUT2D eigenvalue weighted by Crippen LogP contribution is 2.30. The Morgan fingerprint density at radius 1 is 1.17 bits per heavy atom. The van der Waals surface area contributed by atoms with E-state index in [1.54, 1.807) is 0 Å². The molecule has 1 saturated heterocycles. The first-order valence-electron chi connectivity index (χ1n) is 9.97. The third kappa shape index (κ3) is 3.07. The number of para-hydroxylation sites is 4. The summed E-state index contributed by atoms with van der Waals surface area (Å²) in [6.45, 7) is 2.41. The standard InChI is InChI=1S/C22H25N5O2/c1-15-7-6-14-27(15,22(24)29)21(28)13-12-20-25-17-9-3-5-11-19(17)26(20)18-10-4-2-8-16(18)23/h2-5,8-11,15H,6-7,12-14,23H2,1H3,(H-,24,29)/p+1/t15-,27?/m1/s1. The van der Waals surface area contributed by atoms with E-state index in [-0.39, 0.29) is 22.9 Å². The fourth-order valence-electron chi connectivity index (χ4n) is 4.52. The molecule has 1 aromatic heterocycles. The molecule has 150 valence electrons. The van der Waals surface area contributed by atoms with Crippen LogP contribution in [-0.2, 0) is 11.2 Å². The molecule has 0 spiro atoms. The van der Waals surface area contributed by atoms with E-state index in [0.29, 0.717) is 18.7 Å². The highest BCUT2D eigenvalue weighted by molar-refractivity contribution is 5.84. The molecule has 1 fully saturated rings. The number of imidazole rings is 1. The van der Waals surface area contributed by atoms with Crippen LogP contribution >= 0.6 is 0 Å². The molecule has 4 N–H and O–H groups in total. The van der Waals surface area contributed by atoms with Gasteiger partial charge in [0.15, 0.2) is 0 Å². The molecule has 4 rings (SSSR count). The molecule has 0 aliphatic carbocycles. The molecule has 29 heavy (non-hydrogen) atoms. The van der Waals surface area contributed by atoms with Crippen molar-refractivity contribution in [1.82, 2.24) is 9.55 Å². The van der Waals surface area contributed by atoms with Crippen molar-refractivity contribution in [1.29, 1.82) is 0 Å². The Morgan fingerprint density at radius 2 is 1.90 bits per heavy atom. The topological polar surface area (TPSA) is 104 Å². The smallest absolute Gasteiger partial charge is 0.397 e. The predicted octanol–water partition coefficient (Wildman–Crippen LogP) is 3.14. The third-order valence-corrected chi connectivity index (χ3v) is 6.09. The summed E-state index contributed by atoms with van der Waals surface area (Å²) in [7, 11) is 0. The van der Waals surface area contributed by atoms with Crippen molar-refractivity contribution in [2.45, 2.75) is 38.6 Å². The van der Waals surface area contributed by atoms with Gasteiger partial charge in [0.05, 0.1) is 35.4 Å². The lowest BCUT2D eigenvalue weighted by Crippen LogP contribution is -2.61. The lowest BCUT2D eigenvalue weighted by Gasteiger charge is -2.31. The van der Waals surface area contributed by atoms with Gasteiger partial charge in [0.25, 0.3) is 0 Å². The van der Waals surface area contributed by atoms with Crippen LogP contribution in [0.15, 0.2) is 48.5 Å². The van der Waals surface area contributed by atoms with E-state index in [0.717, 1.165) is 35.4 Å². The number of hydrogen-bond donors (Lipinski definition) is 2. The molecule has 0 saturated carbocycles.